The predicted octanol–water partition coefficient (Wildman–Crippen LogP) is 3.68. The molecule has 2 aromatic carbocycles. The molecule has 24 heavy (non-hydrogen) atoms. The van der Waals surface area contributed by atoms with E-state index in [1.165, 1.54) is 30.3 Å². The Kier molecular flexibility index (Phi) is 6.06. The highest BCUT2D eigenvalue weighted by Gasteiger charge is 2.12. The highest BCUT2D eigenvalue weighted by atomic mass is 19.3. The molecule has 1 atom stereocenters. The first-order valence-corrected chi connectivity index (χ1v) is 7.17. The Bertz CT molecular complexity index is 677. The fourth-order valence-electron chi connectivity index (χ4n) is 2.01. The van der Waals surface area contributed by atoms with Crippen LogP contribution in [0.5, 0.6) is 11.5 Å². The SMILES string of the molecule is CC(NC(=O)COc1ccccc1F)c1ccc(OC(F)F)cc1. The van der Waals surface area contributed by atoms with Crippen LogP contribution in [0.2, 0.25) is 0 Å². The minimum atomic E-state index is -2.89. The van der Waals surface area contributed by atoms with Crippen molar-refractivity contribution in [2.45, 2.75) is 19.6 Å². The van der Waals surface area contributed by atoms with Crippen molar-refractivity contribution < 1.29 is 27.4 Å². The first kappa shape index (κ1) is 17.7. The lowest BCUT2D eigenvalue weighted by molar-refractivity contribution is -0.123. The molecule has 0 bridgehead atoms. The Morgan fingerprint density at radius 1 is 1.12 bits per heavy atom. The standard InChI is InChI=1S/C17H16F3NO3/c1-11(12-6-8-13(9-7-12)24-17(19)20)21-16(22)10-23-15-5-3-2-4-14(15)18/h2-9,11,17H,10H2,1H3,(H,21,22). The zero-order valence-corrected chi connectivity index (χ0v) is 12.8. The van der Waals surface area contributed by atoms with Crippen molar-refractivity contribution in [2.24, 2.45) is 0 Å². The van der Waals surface area contributed by atoms with Crippen LogP contribution in [-0.2, 0) is 4.79 Å². The number of alkyl halides is 2. The monoisotopic (exact) mass is 339 g/mol. The van der Waals surface area contributed by atoms with Crippen LogP contribution in [0, 0.1) is 5.82 Å². The van der Waals surface area contributed by atoms with E-state index in [0.29, 0.717) is 5.56 Å². The van der Waals surface area contributed by atoms with E-state index in [1.54, 1.807) is 25.1 Å². The number of rotatable bonds is 7. The lowest BCUT2D eigenvalue weighted by Crippen LogP contribution is -2.31. The first-order valence-electron chi connectivity index (χ1n) is 7.17. The van der Waals surface area contributed by atoms with Gasteiger partial charge in [-0.25, -0.2) is 4.39 Å². The normalized spacial score (nSPS) is 11.9. The maximum absolute atomic E-state index is 13.4. The average Bonchev–Trinajstić information content (AvgIpc) is 2.54. The van der Waals surface area contributed by atoms with Crippen LogP contribution in [0.3, 0.4) is 0 Å². The summed E-state index contributed by atoms with van der Waals surface area (Å²) in [6.07, 6.45) is 0. The van der Waals surface area contributed by atoms with Crippen LogP contribution in [0.25, 0.3) is 0 Å². The van der Waals surface area contributed by atoms with Gasteiger partial charge in [-0.1, -0.05) is 24.3 Å². The quantitative estimate of drug-likeness (QED) is 0.837. The molecule has 128 valence electrons. The molecule has 0 spiro atoms. The number of benzene rings is 2. The molecule has 0 aliphatic rings. The molecule has 2 aromatic rings. The Hall–Kier alpha value is -2.70. The number of carbonyl (C=O) groups is 1. The van der Waals surface area contributed by atoms with E-state index in [0.717, 1.165) is 0 Å². The van der Waals surface area contributed by atoms with Crippen molar-refractivity contribution >= 4 is 5.91 Å². The van der Waals surface area contributed by atoms with Gasteiger partial charge in [-0.15, -0.1) is 0 Å². The maximum atomic E-state index is 13.4. The second-order valence-electron chi connectivity index (χ2n) is 4.96. The molecule has 1 N–H and O–H groups in total. The van der Waals surface area contributed by atoms with E-state index >= 15 is 0 Å². The van der Waals surface area contributed by atoms with Gasteiger partial charge in [0, 0.05) is 0 Å². The van der Waals surface area contributed by atoms with Crippen LogP contribution in [-0.4, -0.2) is 19.1 Å². The molecule has 7 heteroatoms. The van der Waals surface area contributed by atoms with Gasteiger partial charge >= 0.3 is 6.61 Å². The third kappa shape index (κ3) is 5.19. The van der Waals surface area contributed by atoms with Crippen LogP contribution in [0.1, 0.15) is 18.5 Å². The molecule has 0 heterocycles. The van der Waals surface area contributed by atoms with E-state index in [-0.39, 0.29) is 24.1 Å². The van der Waals surface area contributed by atoms with Gasteiger partial charge < -0.3 is 14.8 Å². The highest BCUT2D eigenvalue weighted by molar-refractivity contribution is 5.78. The predicted molar refractivity (Wildman–Crippen MR) is 81.5 cm³/mol. The molecule has 0 radical (unpaired) electrons. The Morgan fingerprint density at radius 3 is 2.42 bits per heavy atom. The largest absolute Gasteiger partial charge is 0.481 e. The number of hydrogen-bond donors (Lipinski definition) is 1. The second kappa shape index (κ2) is 8.24. The van der Waals surface area contributed by atoms with E-state index < -0.39 is 18.3 Å². The summed E-state index contributed by atoms with van der Waals surface area (Å²) >= 11 is 0. The number of amides is 1. The number of para-hydroxylation sites is 1. The van der Waals surface area contributed by atoms with Crippen molar-refractivity contribution in [2.75, 3.05) is 6.61 Å². The van der Waals surface area contributed by atoms with Crippen LogP contribution in [0.4, 0.5) is 13.2 Å². The van der Waals surface area contributed by atoms with Crippen molar-refractivity contribution in [1.82, 2.24) is 5.32 Å². The molecular formula is C17H16F3NO3. The molecule has 0 saturated carbocycles. The smallest absolute Gasteiger partial charge is 0.387 e. The molecule has 2 rings (SSSR count). The van der Waals surface area contributed by atoms with Gasteiger partial charge in [0.2, 0.25) is 0 Å². The first-order chi connectivity index (χ1) is 11.5. The summed E-state index contributed by atoms with van der Waals surface area (Å²) < 4.78 is 46.9. The topological polar surface area (TPSA) is 47.6 Å². The van der Waals surface area contributed by atoms with Gasteiger partial charge in [-0.2, -0.15) is 8.78 Å². The molecule has 0 aromatic heterocycles. The van der Waals surface area contributed by atoms with Crippen LogP contribution >= 0.6 is 0 Å². The maximum Gasteiger partial charge on any atom is 0.387 e. The van der Waals surface area contributed by atoms with Gasteiger partial charge in [0.25, 0.3) is 5.91 Å². The van der Waals surface area contributed by atoms with Crippen LogP contribution in [0.15, 0.2) is 48.5 Å². The highest BCUT2D eigenvalue weighted by Crippen LogP contribution is 2.19. The molecule has 1 amide bonds. The lowest BCUT2D eigenvalue weighted by atomic mass is 10.1. The van der Waals surface area contributed by atoms with E-state index in [9.17, 15) is 18.0 Å². The zero-order chi connectivity index (χ0) is 17.5. The molecule has 0 saturated heterocycles. The summed E-state index contributed by atoms with van der Waals surface area (Å²) in [5, 5.41) is 2.67. The fourth-order valence-corrected chi connectivity index (χ4v) is 2.01. The van der Waals surface area contributed by atoms with Crippen molar-refractivity contribution in [1.29, 1.82) is 0 Å². The van der Waals surface area contributed by atoms with Gasteiger partial charge in [0.1, 0.15) is 5.75 Å². The Balaban J connectivity index is 1.86. The van der Waals surface area contributed by atoms with Crippen molar-refractivity contribution in [3.8, 4) is 11.5 Å². The summed E-state index contributed by atoms with van der Waals surface area (Å²) in [5.41, 5.74) is 0.704. The summed E-state index contributed by atoms with van der Waals surface area (Å²) in [4.78, 5) is 11.8. The molecule has 0 aliphatic heterocycles. The molecule has 1 unspecified atom stereocenters. The minimum absolute atomic E-state index is 0.00574. The summed E-state index contributed by atoms with van der Waals surface area (Å²) in [5.74, 6) is -0.949. The average molecular weight is 339 g/mol. The molecule has 0 aliphatic carbocycles. The third-order valence-electron chi connectivity index (χ3n) is 3.18. The third-order valence-corrected chi connectivity index (χ3v) is 3.18. The minimum Gasteiger partial charge on any atom is -0.481 e. The van der Waals surface area contributed by atoms with E-state index in [4.69, 9.17) is 4.74 Å². The molecule has 0 fully saturated rings. The van der Waals surface area contributed by atoms with Gasteiger partial charge in [-0.05, 0) is 36.8 Å². The number of ether oxygens (including phenoxy) is 2. The molecule has 4 nitrogen and oxygen atoms in total. The number of hydrogen-bond acceptors (Lipinski definition) is 3. The summed E-state index contributed by atoms with van der Waals surface area (Å²) in [6, 6.07) is 11.3. The summed E-state index contributed by atoms with van der Waals surface area (Å²) in [7, 11) is 0. The Morgan fingerprint density at radius 2 is 1.79 bits per heavy atom. The number of halogens is 3. The van der Waals surface area contributed by atoms with Crippen molar-refractivity contribution in [3.63, 3.8) is 0 Å². The van der Waals surface area contributed by atoms with Crippen molar-refractivity contribution in [3.05, 3.63) is 59.9 Å². The number of carbonyl (C=O) groups excluding carboxylic acids is 1. The Labute approximate surface area is 137 Å². The lowest BCUT2D eigenvalue weighted by Gasteiger charge is -2.15. The summed E-state index contributed by atoms with van der Waals surface area (Å²) in [6.45, 7) is -1.49. The molecular weight excluding hydrogens is 323 g/mol. The van der Waals surface area contributed by atoms with E-state index in [1.807, 2.05) is 0 Å². The van der Waals surface area contributed by atoms with Gasteiger partial charge in [-0.3, -0.25) is 4.79 Å². The van der Waals surface area contributed by atoms with E-state index in [2.05, 4.69) is 10.1 Å². The van der Waals surface area contributed by atoms with Gasteiger partial charge in [0.15, 0.2) is 18.2 Å². The number of nitrogens with one attached hydrogen (secondary N) is 1. The zero-order valence-electron chi connectivity index (χ0n) is 12.8. The second-order valence-corrected chi connectivity index (χ2v) is 4.96. The van der Waals surface area contributed by atoms with Crippen LogP contribution < -0.4 is 14.8 Å². The van der Waals surface area contributed by atoms with Gasteiger partial charge in [0.05, 0.1) is 6.04 Å². The fraction of sp³-hybridized carbons (Fsp3) is 0.235.